The van der Waals surface area contributed by atoms with Gasteiger partial charge in [0.15, 0.2) is 0 Å². The first-order valence-corrected chi connectivity index (χ1v) is 11.7. The van der Waals surface area contributed by atoms with Gasteiger partial charge in [-0.25, -0.2) is 9.97 Å². The number of nitrogens with one attached hydrogen (secondary N) is 1. The zero-order valence-electron chi connectivity index (χ0n) is 18.3. The van der Waals surface area contributed by atoms with E-state index in [4.69, 9.17) is 4.74 Å². The van der Waals surface area contributed by atoms with Crippen LogP contribution < -0.4 is 15.0 Å². The second-order valence-electron chi connectivity index (χ2n) is 7.89. The molecule has 166 valence electrons. The number of para-hydroxylation sites is 1. The van der Waals surface area contributed by atoms with Crippen molar-refractivity contribution in [1.82, 2.24) is 15.3 Å². The lowest BCUT2D eigenvalue weighted by molar-refractivity contribution is 0.0946. The lowest BCUT2D eigenvalue weighted by Crippen LogP contribution is -2.31. The number of benzene rings is 2. The van der Waals surface area contributed by atoms with E-state index in [0.717, 1.165) is 47.2 Å². The largest absolute Gasteiger partial charge is 0.496 e. The number of carbonyl (C=O) groups is 1. The first kappa shape index (κ1) is 21.2. The molecule has 1 aliphatic rings. The van der Waals surface area contributed by atoms with Crippen LogP contribution in [0.2, 0.25) is 0 Å². The highest BCUT2D eigenvalue weighted by Gasteiger charge is 2.17. The molecule has 7 heteroatoms. The molecule has 0 atom stereocenters. The summed E-state index contributed by atoms with van der Waals surface area (Å²) < 4.78 is 5.40. The van der Waals surface area contributed by atoms with Gasteiger partial charge < -0.3 is 15.0 Å². The smallest absolute Gasteiger partial charge is 0.271 e. The third-order valence-corrected chi connectivity index (χ3v) is 6.67. The maximum absolute atomic E-state index is 12.6. The number of hydrogen-bond acceptors (Lipinski definition) is 6. The molecule has 0 radical (unpaired) electrons. The minimum Gasteiger partial charge on any atom is -0.496 e. The number of ether oxygens (including phenoxy) is 1. The summed E-state index contributed by atoms with van der Waals surface area (Å²) in [4.78, 5) is 24.0. The summed E-state index contributed by atoms with van der Waals surface area (Å²) in [6, 6.07) is 20.3. The first-order valence-electron chi connectivity index (χ1n) is 10.8. The number of anilines is 1. The summed E-state index contributed by atoms with van der Waals surface area (Å²) in [5, 5.41) is 5.47. The van der Waals surface area contributed by atoms with Gasteiger partial charge in [0.05, 0.1) is 12.7 Å². The van der Waals surface area contributed by atoms with Crippen LogP contribution in [0.25, 0.3) is 10.6 Å². The molecule has 2 aromatic carbocycles. The quantitative estimate of drug-likeness (QED) is 0.455. The van der Waals surface area contributed by atoms with Gasteiger partial charge in [0.2, 0.25) is 0 Å². The van der Waals surface area contributed by atoms with Crippen LogP contribution >= 0.6 is 11.3 Å². The van der Waals surface area contributed by atoms with E-state index in [2.05, 4.69) is 44.5 Å². The lowest BCUT2D eigenvalue weighted by atomic mass is 10.00. The molecule has 0 unspecified atom stereocenters. The lowest BCUT2D eigenvalue weighted by Gasteiger charge is -2.29. The van der Waals surface area contributed by atoms with Gasteiger partial charge in [-0.1, -0.05) is 42.5 Å². The molecule has 6 nitrogen and oxygen atoms in total. The molecule has 0 bridgehead atoms. The number of hydrogen-bond donors (Lipinski definition) is 1. The van der Waals surface area contributed by atoms with E-state index in [9.17, 15) is 4.79 Å². The van der Waals surface area contributed by atoms with Crippen LogP contribution in [0.3, 0.4) is 0 Å². The molecular weight excluding hydrogens is 432 g/mol. The number of thiazole rings is 1. The number of rotatable bonds is 6. The molecule has 4 aromatic rings. The summed E-state index contributed by atoms with van der Waals surface area (Å²) in [6.07, 6.45) is 2.86. The molecule has 0 saturated carbocycles. The van der Waals surface area contributed by atoms with Gasteiger partial charge >= 0.3 is 0 Å². The predicted octanol–water partition coefficient (Wildman–Crippen LogP) is 4.71. The van der Waals surface area contributed by atoms with Crippen molar-refractivity contribution in [3.05, 3.63) is 94.6 Å². The number of nitrogens with zero attached hydrogens (tertiary/aromatic N) is 3. The molecule has 1 N–H and O–H groups in total. The number of carbonyl (C=O) groups excluding carboxylic acids is 1. The Hall–Kier alpha value is -3.71. The second-order valence-corrected chi connectivity index (χ2v) is 8.74. The van der Waals surface area contributed by atoms with Crippen LogP contribution in [0.4, 0.5) is 5.82 Å². The van der Waals surface area contributed by atoms with Crippen molar-refractivity contribution in [3.8, 4) is 16.3 Å². The summed E-state index contributed by atoms with van der Waals surface area (Å²) in [5.74, 6) is 1.49. The molecule has 1 amide bonds. The third kappa shape index (κ3) is 4.59. The maximum Gasteiger partial charge on any atom is 0.271 e. The van der Waals surface area contributed by atoms with E-state index in [1.54, 1.807) is 12.5 Å². The molecule has 0 aliphatic carbocycles. The van der Waals surface area contributed by atoms with Gasteiger partial charge in [0, 0.05) is 31.2 Å². The average Bonchev–Trinajstić information content (AvgIpc) is 3.37. The van der Waals surface area contributed by atoms with Crippen molar-refractivity contribution in [3.63, 3.8) is 0 Å². The Balaban J connectivity index is 1.20. The normalized spacial score (nSPS) is 12.8. The Morgan fingerprint density at radius 3 is 2.73 bits per heavy atom. The topological polar surface area (TPSA) is 67.3 Å². The zero-order valence-corrected chi connectivity index (χ0v) is 19.1. The van der Waals surface area contributed by atoms with Crippen molar-refractivity contribution in [2.24, 2.45) is 0 Å². The SMILES string of the molecule is COc1ccccc1-c1nc(C(=O)NCc2ccc(N3CCc4ccccc4C3)nc2)cs1. The van der Waals surface area contributed by atoms with Crippen LogP contribution in [0.1, 0.15) is 27.2 Å². The van der Waals surface area contributed by atoms with E-state index in [-0.39, 0.29) is 5.91 Å². The van der Waals surface area contributed by atoms with Crippen molar-refractivity contribution in [1.29, 1.82) is 0 Å². The number of pyridine rings is 1. The minimum absolute atomic E-state index is 0.205. The van der Waals surface area contributed by atoms with Crippen molar-refractivity contribution in [2.75, 3.05) is 18.6 Å². The van der Waals surface area contributed by atoms with Gasteiger partial charge in [-0.3, -0.25) is 4.79 Å². The number of methoxy groups -OCH3 is 1. The van der Waals surface area contributed by atoms with Crippen LogP contribution in [-0.2, 0) is 19.5 Å². The van der Waals surface area contributed by atoms with Gasteiger partial charge in [-0.05, 0) is 41.3 Å². The van der Waals surface area contributed by atoms with E-state index >= 15 is 0 Å². The van der Waals surface area contributed by atoms with E-state index in [1.807, 2.05) is 42.6 Å². The van der Waals surface area contributed by atoms with E-state index < -0.39 is 0 Å². The van der Waals surface area contributed by atoms with E-state index in [1.165, 1.54) is 22.5 Å². The molecule has 33 heavy (non-hydrogen) atoms. The summed E-state index contributed by atoms with van der Waals surface area (Å²) in [5.41, 5.74) is 5.01. The first-order chi connectivity index (χ1) is 16.2. The monoisotopic (exact) mass is 456 g/mol. The summed E-state index contributed by atoms with van der Waals surface area (Å²) in [7, 11) is 1.63. The van der Waals surface area contributed by atoms with Crippen molar-refractivity contribution < 1.29 is 9.53 Å². The molecule has 3 heterocycles. The predicted molar refractivity (Wildman–Crippen MR) is 131 cm³/mol. The highest BCUT2D eigenvalue weighted by molar-refractivity contribution is 7.13. The fraction of sp³-hybridized carbons (Fsp3) is 0.192. The summed E-state index contributed by atoms with van der Waals surface area (Å²) >= 11 is 1.43. The van der Waals surface area contributed by atoms with Crippen LogP contribution in [0, 0.1) is 0 Å². The third-order valence-electron chi connectivity index (χ3n) is 5.79. The fourth-order valence-corrected chi connectivity index (χ4v) is 4.83. The molecule has 0 spiro atoms. The molecular formula is C26H24N4O2S. The number of fused-ring (bicyclic) bond motifs is 1. The van der Waals surface area contributed by atoms with Crippen molar-refractivity contribution >= 4 is 23.1 Å². The molecule has 2 aromatic heterocycles. The van der Waals surface area contributed by atoms with Gasteiger partial charge in [0.1, 0.15) is 22.3 Å². The summed E-state index contributed by atoms with van der Waals surface area (Å²) in [6.45, 7) is 2.23. The average molecular weight is 457 g/mol. The highest BCUT2D eigenvalue weighted by atomic mass is 32.1. The van der Waals surface area contributed by atoms with Crippen LogP contribution in [-0.4, -0.2) is 29.5 Å². The molecule has 1 aliphatic heterocycles. The number of amides is 1. The fourth-order valence-electron chi connectivity index (χ4n) is 4.00. The highest BCUT2D eigenvalue weighted by Crippen LogP contribution is 2.31. The van der Waals surface area contributed by atoms with Gasteiger partial charge in [0.25, 0.3) is 5.91 Å². The Kier molecular flexibility index (Phi) is 6.04. The van der Waals surface area contributed by atoms with Gasteiger partial charge in [-0.15, -0.1) is 11.3 Å². The zero-order chi connectivity index (χ0) is 22.6. The molecule has 0 saturated heterocycles. The standard InChI is InChI=1S/C26H24N4O2S/c1-32-23-9-5-4-8-21(23)26-29-22(17-33-26)25(31)28-15-18-10-11-24(27-14-18)30-13-12-19-6-2-3-7-20(19)16-30/h2-11,14,17H,12-13,15-16H2,1H3,(H,28,31). The Morgan fingerprint density at radius 1 is 1.09 bits per heavy atom. The van der Waals surface area contributed by atoms with Crippen LogP contribution in [0.15, 0.2) is 72.2 Å². The Bertz CT molecular complexity index is 1270. The van der Waals surface area contributed by atoms with Crippen molar-refractivity contribution in [2.45, 2.75) is 19.5 Å². The molecule has 0 fully saturated rings. The number of aromatic nitrogens is 2. The maximum atomic E-state index is 12.6. The second kappa shape index (κ2) is 9.42. The van der Waals surface area contributed by atoms with E-state index in [0.29, 0.717) is 12.2 Å². The molecule has 5 rings (SSSR count). The van der Waals surface area contributed by atoms with Crippen LogP contribution in [0.5, 0.6) is 5.75 Å². The van der Waals surface area contributed by atoms with Gasteiger partial charge in [-0.2, -0.15) is 0 Å². The minimum atomic E-state index is -0.205. The Labute approximate surface area is 196 Å². The Morgan fingerprint density at radius 2 is 1.91 bits per heavy atom.